The predicted molar refractivity (Wildman–Crippen MR) is 191 cm³/mol. The number of fused-ring (bicyclic) bond motifs is 1. The third kappa shape index (κ3) is 11.5. The molecule has 4 rings (SSSR count). The number of rotatable bonds is 24. The molecule has 18 nitrogen and oxygen atoms in total. The lowest BCUT2D eigenvalue weighted by molar-refractivity contribution is -0.125. The molecule has 1 fully saturated rings. The number of nitrogens with zero attached hydrogens (tertiary/aromatic N) is 5. The molecule has 5 atom stereocenters. The van der Waals surface area contributed by atoms with Crippen LogP contribution >= 0.6 is 30.8 Å². The van der Waals surface area contributed by atoms with Crippen molar-refractivity contribution in [3.63, 3.8) is 0 Å². The van der Waals surface area contributed by atoms with Crippen LogP contribution in [0.2, 0.25) is 10.3 Å². The van der Waals surface area contributed by atoms with Gasteiger partial charge >= 0.3 is 7.60 Å². The maximum Gasteiger partial charge on any atom is 0.361 e. The van der Waals surface area contributed by atoms with Gasteiger partial charge in [-0.05, 0) is 23.2 Å². The van der Waals surface area contributed by atoms with Gasteiger partial charge in [0.1, 0.15) is 30.7 Å². The van der Waals surface area contributed by atoms with E-state index in [-0.39, 0.29) is 24.1 Å². The van der Waals surface area contributed by atoms with Gasteiger partial charge in [0.25, 0.3) is 0 Å². The Balaban J connectivity index is 1.46. The number of aliphatic hydroxyl groups is 3. The van der Waals surface area contributed by atoms with E-state index in [1.807, 2.05) is 23.1 Å². The fraction of sp³-hybridized carbons (Fsp3) is 0.594. The van der Waals surface area contributed by atoms with Crippen LogP contribution < -0.4 is 4.90 Å². The molecule has 0 saturated carbocycles. The van der Waals surface area contributed by atoms with E-state index in [1.54, 1.807) is 6.07 Å². The van der Waals surface area contributed by atoms with Crippen molar-refractivity contribution in [2.75, 3.05) is 91.2 Å². The minimum Gasteiger partial charge on any atom is -0.393 e. The second kappa shape index (κ2) is 20.9. The Morgan fingerprint density at radius 2 is 1.68 bits per heavy atom. The molecule has 5 N–H and O–H groups in total. The van der Waals surface area contributed by atoms with Gasteiger partial charge in [-0.15, -0.1) is 6.42 Å². The van der Waals surface area contributed by atoms with Crippen molar-refractivity contribution >= 4 is 47.6 Å². The monoisotopic (exact) mass is 807 g/mol. The van der Waals surface area contributed by atoms with Crippen LogP contribution in [0.4, 0.5) is 5.82 Å². The van der Waals surface area contributed by atoms with E-state index in [0.717, 1.165) is 5.56 Å². The first kappa shape index (κ1) is 43.2. The lowest BCUT2D eigenvalue weighted by atomic mass is 10.1. The summed E-state index contributed by atoms with van der Waals surface area (Å²) in [6.07, 6.45) is 0.777. The van der Waals surface area contributed by atoms with Crippen LogP contribution in [0.15, 0.2) is 30.5 Å². The molecule has 0 spiro atoms. The van der Waals surface area contributed by atoms with Gasteiger partial charge in [-0.1, -0.05) is 35.7 Å². The number of halogens is 2. The number of ether oxygens (including phenoxy) is 7. The van der Waals surface area contributed by atoms with E-state index in [2.05, 4.69) is 21.0 Å². The van der Waals surface area contributed by atoms with Crippen molar-refractivity contribution in [1.29, 1.82) is 0 Å². The number of terminal acetylenes is 1. The highest BCUT2D eigenvalue weighted by Crippen LogP contribution is 2.51. The lowest BCUT2D eigenvalue weighted by Gasteiger charge is -2.32. The van der Waals surface area contributed by atoms with Crippen LogP contribution in [0, 0.1) is 12.3 Å². The molecule has 1 aromatic carbocycles. The average Bonchev–Trinajstić information content (AvgIpc) is 3.67. The van der Waals surface area contributed by atoms with Gasteiger partial charge in [-0.25, -0.2) is 4.68 Å². The van der Waals surface area contributed by atoms with Crippen LogP contribution in [0.1, 0.15) is 11.8 Å². The molecule has 1 aliphatic rings. The van der Waals surface area contributed by atoms with Crippen LogP contribution in [0.25, 0.3) is 11.0 Å². The van der Waals surface area contributed by atoms with E-state index in [9.17, 15) is 29.7 Å². The Morgan fingerprint density at radius 1 is 1.02 bits per heavy atom. The van der Waals surface area contributed by atoms with Gasteiger partial charge in [0.2, 0.25) is 10.6 Å². The van der Waals surface area contributed by atoms with Crippen molar-refractivity contribution in [2.45, 2.75) is 36.4 Å². The first-order chi connectivity index (χ1) is 25.5. The summed E-state index contributed by atoms with van der Waals surface area (Å²) in [5.74, 6) is 2.75. The number of methoxy groups -OCH3 is 1. The predicted octanol–water partition coefficient (Wildman–Crippen LogP) is 0.988. The number of aromatic nitrogens is 4. The smallest absolute Gasteiger partial charge is 0.361 e. The Morgan fingerprint density at radius 3 is 2.30 bits per heavy atom. The van der Waals surface area contributed by atoms with Crippen molar-refractivity contribution in [1.82, 2.24) is 19.7 Å². The molecule has 1 unspecified atom stereocenters. The van der Waals surface area contributed by atoms with E-state index >= 15 is 0 Å². The summed E-state index contributed by atoms with van der Waals surface area (Å²) in [5.41, 5.74) is 0.946. The maximum absolute atomic E-state index is 12.2. The Bertz CT molecular complexity index is 1680. The minimum absolute atomic E-state index is 0.153. The third-order valence-electron chi connectivity index (χ3n) is 8.07. The first-order valence-corrected chi connectivity index (χ1v) is 18.8. The molecule has 0 amide bonds. The van der Waals surface area contributed by atoms with Gasteiger partial charge in [0.15, 0.2) is 11.9 Å². The molecule has 53 heavy (non-hydrogen) atoms. The largest absolute Gasteiger partial charge is 0.393 e. The molecule has 1 saturated heterocycles. The summed E-state index contributed by atoms with van der Waals surface area (Å²) < 4.78 is 51.5. The first-order valence-electron chi connectivity index (χ1n) is 16.4. The SMILES string of the molecule is C#CCOCCOCCOCCOCCN(Cc1ccccc1Cl)c1nc(Cl)nc2c1cnn2[C@@H]1O[C@H](COC(CO)(COC)P(=O)(O)O)[C@@H](O)[C@H]1O. The minimum atomic E-state index is -5.07. The highest BCUT2D eigenvalue weighted by Gasteiger charge is 2.51. The van der Waals surface area contributed by atoms with Crippen LogP contribution in [-0.2, 0) is 44.3 Å². The molecule has 1 aliphatic heterocycles. The number of hydrogen-bond acceptors (Lipinski definition) is 15. The molecule has 3 aromatic rings. The topological polar surface area (TPSA) is 230 Å². The van der Waals surface area contributed by atoms with Crippen molar-refractivity contribution in [2.24, 2.45) is 0 Å². The van der Waals surface area contributed by atoms with Gasteiger partial charge < -0.3 is 63.2 Å². The van der Waals surface area contributed by atoms with Crippen molar-refractivity contribution in [3.05, 3.63) is 46.3 Å². The molecular weight excluding hydrogens is 764 g/mol. The fourth-order valence-corrected chi connectivity index (χ4v) is 6.37. The molecular formula is C32H44Cl2N5O13P. The third-order valence-corrected chi connectivity index (χ3v) is 10.1. The Kier molecular flexibility index (Phi) is 17.1. The molecule has 294 valence electrons. The van der Waals surface area contributed by atoms with Gasteiger partial charge in [0.05, 0.1) is 77.7 Å². The van der Waals surface area contributed by atoms with Crippen molar-refractivity contribution in [3.8, 4) is 12.3 Å². The van der Waals surface area contributed by atoms with E-state index < -0.39 is 57.3 Å². The molecule has 21 heteroatoms. The summed E-state index contributed by atoms with van der Waals surface area (Å²) in [6, 6.07) is 7.30. The maximum atomic E-state index is 12.2. The second-order valence-electron chi connectivity index (χ2n) is 11.7. The molecule has 0 radical (unpaired) electrons. The van der Waals surface area contributed by atoms with E-state index in [4.69, 9.17) is 62.8 Å². The molecule has 3 heterocycles. The number of benzene rings is 1. The summed E-state index contributed by atoms with van der Waals surface area (Å²) in [4.78, 5) is 30.4. The highest BCUT2D eigenvalue weighted by atomic mass is 35.5. The Hall–Kier alpha value is -2.54. The van der Waals surface area contributed by atoms with Crippen LogP contribution in [0.5, 0.6) is 0 Å². The summed E-state index contributed by atoms with van der Waals surface area (Å²) >= 11 is 12.9. The number of aliphatic hydroxyl groups excluding tert-OH is 3. The quantitative estimate of drug-likeness (QED) is 0.0368. The average molecular weight is 809 g/mol. The fourth-order valence-electron chi connectivity index (χ4n) is 5.29. The summed E-state index contributed by atoms with van der Waals surface area (Å²) in [5, 5.41) is 34.4. The summed E-state index contributed by atoms with van der Waals surface area (Å²) in [7, 11) is -3.90. The molecule has 0 bridgehead atoms. The van der Waals surface area contributed by atoms with Crippen LogP contribution in [0.3, 0.4) is 0 Å². The number of hydrogen-bond donors (Lipinski definition) is 5. The van der Waals surface area contributed by atoms with Gasteiger partial charge in [-0.2, -0.15) is 15.1 Å². The summed E-state index contributed by atoms with van der Waals surface area (Å²) in [6.45, 7) is 1.00. The Labute approximate surface area is 315 Å². The van der Waals surface area contributed by atoms with Crippen molar-refractivity contribution < 1.29 is 62.8 Å². The standard InChI is InChI=1S/C32H44Cl2N5O13P/c1-3-9-47-11-13-49-15-16-50-14-12-48-10-8-38(18-22-6-4-5-7-24(22)33)28-23-17-35-39(29(23)37-31(34)36-28)30-27(42)26(41)25(52-30)19-51-32(20-40,21-46-2)53(43,44)45/h1,4-7,17,25-27,30,40-42H,8-16,18-21H2,2H3,(H2,43,44,45)/t25-,26-,27-,30-,32?/m1/s1. The zero-order chi connectivity index (χ0) is 38.4. The lowest BCUT2D eigenvalue weighted by Crippen LogP contribution is -2.44. The van der Waals surface area contributed by atoms with Gasteiger partial charge in [0, 0.05) is 25.2 Å². The van der Waals surface area contributed by atoms with E-state index in [1.165, 1.54) is 18.0 Å². The molecule has 2 aromatic heterocycles. The van der Waals surface area contributed by atoms with Gasteiger partial charge in [-0.3, -0.25) is 4.57 Å². The normalized spacial score (nSPS) is 20.1. The number of anilines is 1. The van der Waals surface area contributed by atoms with E-state index in [0.29, 0.717) is 69.0 Å². The molecule has 0 aliphatic carbocycles. The second-order valence-corrected chi connectivity index (χ2v) is 14.3. The zero-order valence-electron chi connectivity index (χ0n) is 28.9. The van der Waals surface area contributed by atoms with Crippen LogP contribution in [-0.4, -0.2) is 155 Å². The zero-order valence-corrected chi connectivity index (χ0v) is 31.3. The highest BCUT2D eigenvalue weighted by molar-refractivity contribution is 7.53.